The molecule has 0 aliphatic carbocycles. The Balaban J connectivity index is 1.75. The third-order valence-corrected chi connectivity index (χ3v) is 5.32. The van der Waals surface area contributed by atoms with Crippen LogP contribution in [-0.4, -0.2) is 14.2 Å². The largest absolute Gasteiger partial charge is 0.497 e. The van der Waals surface area contributed by atoms with Gasteiger partial charge in [0.1, 0.15) is 11.5 Å². The molecule has 0 amide bonds. The van der Waals surface area contributed by atoms with Crippen molar-refractivity contribution < 1.29 is 9.47 Å². The summed E-state index contributed by atoms with van der Waals surface area (Å²) in [6.45, 7) is 0. The summed E-state index contributed by atoms with van der Waals surface area (Å²) in [7, 11) is 3.36. The lowest BCUT2D eigenvalue weighted by atomic mass is 10.1. The molecular formula is C24H21NO2S. The average Bonchev–Trinajstić information content (AvgIpc) is 3.30. The molecule has 28 heavy (non-hydrogen) atoms. The first-order valence-electron chi connectivity index (χ1n) is 8.99. The van der Waals surface area contributed by atoms with E-state index in [1.807, 2.05) is 24.3 Å². The Bertz CT molecular complexity index is 960. The van der Waals surface area contributed by atoms with Gasteiger partial charge in [-0.2, -0.15) is 11.3 Å². The highest BCUT2D eigenvalue weighted by Crippen LogP contribution is 2.37. The average molecular weight is 388 g/mol. The van der Waals surface area contributed by atoms with Crippen molar-refractivity contribution in [1.82, 2.24) is 0 Å². The van der Waals surface area contributed by atoms with Crippen LogP contribution < -0.4 is 14.4 Å². The van der Waals surface area contributed by atoms with Crippen LogP contribution in [0.3, 0.4) is 0 Å². The topological polar surface area (TPSA) is 21.7 Å². The summed E-state index contributed by atoms with van der Waals surface area (Å²) in [5.41, 5.74) is 5.68. The van der Waals surface area contributed by atoms with E-state index in [2.05, 4.69) is 70.3 Å². The minimum Gasteiger partial charge on any atom is -0.497 e. The van der Waals surface area contributed by atoms with Gasteiger partial charge in [-0.15, -0.1) is 0 Å². The minimum absolute atomic E-state index is 0.839. The number of anilines is 3. The molecule has 0 atom stereocenters. The number of rotatable bonds is 6. The second-order valence-corrected chi connectivity index (χ2v) is 7.07. The van der Waals surface area contributed by atoms with Gasteiger partial charge >= 0.3 is 0 Å². The van der Waals surface area contributed by atoms with Gasteiger partial charge in [-0.3, -0.25) is 0 Å². The van der Waals surface area contributed by atoms with Crippen LogP contribution in [-0.2, 0) is 0 Å². The highest BCUT2D eigenvalue weighted by molar-refractivity contribution is 7.08. The molecule has 1 heterocycles. The molecule has 0 aliphatic rings. The third-order valence-electron chi connectivity index (χ3n) is 4.64. The Hall–Kier alpha value is -3.24. The van der Waals surface area contributed by atoms with E-state index in [-0.39, 0.29) is 0 Å². The number of methoxy groups -OCH3 is 2. The van der Waals surface area contributed by atoms with E-state index in [1.165, 1.54) is 11.1 Å². The van der Waals surface area contributed by atoms with E-state index in [1.54, 1.807) is 25.6 Å². The first kappa shape index (κ1) is 18.1. The number of hydrogen-bond acceptors (Lipinski definition) is 4. The molecule has 4 heteroatoms. The van der Waals surface area contributed by atoms with E-state index in [0.29, 0.717) is 0 Å². The molecule has 0 unspecified atom stereocenters. The van der Waals surface area contributed by atoms with Crippen LogP contribution in [0.4, 0.5) is 17.1 Å². The summed E-state index contributed by atoms with van der Waals surface area (Å²) >= 11 is 1.71. The minimum atomic E-state index is 0.839. The van der Waals surface area contributed by atoms with E-state index in [4.69, 9.17) is 9.47 Å². The molecule has 0 fully saturated rings. The summed E-state index contributed by atoms with van der Waals surface area (Å²) in [5, 5.41) is 4.27. The van der Waals surface area contributed by atoms with E-state index >= 15 is 0 Å². The zero-order chi connectivity index (χ0) is 19.3. The zero-order valence-electron chi connectivity index (χ0n) is 15.8. The lowest BCUT2D eigenvalue weighted by Gasteiger charge is -2.26. The predicted molar refractivity (Wildman–Crippen MR) is 118 cm³/mol. The number of benzene rings is 3. The molecule has 1 aromatic heterocycles. The van der Waals surface area contributed by atoms with Gasteiger partial charge in [0.2, 0.25) is 0 Å². The molecule has 0 spiro atoms. The number of thiophene rings is 1. The molecule has 0 N–H and O–H groups in total. The number of hydrogen-bond donors (Lipinski definition) is 0. The molecule has 0 bridgehead atoms. The lowest BCUT2D eigenvalue weighted by molar-refractivity contribution is 0.415. The van der Waals surface area contributed by atoms with Gasteiger partial charge in [0.25, 0.3) is 0 Å². The van der Waals surface area contributed by atoms with Crippen molar-refractivity contribution in [2.75, 3.05) is 19.1 Å². The molecule has 4 rings (SSSR count). The van der Waals surface area contributed by atoms with Gasteiger partial charge in [0.15, 0.2) is 0 Å². The van der Waals surface area contributed by atoms with Crippen molar-refractivity contribution in [3.05, 3.63) is 89.6 Å². The second-order valence-electron chi connectivity index (χ2n) is 6.29. The van der Waals surface area contributed by atoms with Crippen LogP contribution in [0.2, 0.25) is 0 Å². The van der Waals surface area contributed by atoms with Gasteiger partial charge in [-0.05, 0) is 88.6 Å². The lowest BCUT2D eigenvalue weighted by Crippen LogP contribution is -2.09. The molecule has 0 saturated carbocycles. The first-order valence-corrected chi connectivity index (χ1v) is 9.93. The van der Waals surface area contributed by atoms with Crippen molar-refractivity contribution >= 4 is 28.4 Å². The molecule has 3 nitrogen and oxygen atoms in total. The highest BCUT2D eigenvalue weighted by Gasteiger charge is 2.13. The van der Waals surface area contributed by atoms with E-state index in [0.717, 1.165) is 28.6 Å². The third kappa shape index (κ3) is 3.73. The van der Waals surface area contributed by atoms with Crippen molar-refractivity contribution in [2.45, 2.75) is 0 Å². The fourth-order valence-corrected chi connectivity index (χ4v) is 3.81. The predicted octanol–water partition coefficient (Wildman–Crippen LogP) is 6.90. The Kier molecular flexibility index (Phi) is 5.31. The van der Waals surface area contributed by atoms with Crippen LogP contribution in [0.1, 0.15) is 0 Å². The Morgan fingerprint density at radius 1 is 0.571 bits per heavy atom. The Morgan fingerprint density at radius 2 is 1.04 bits per heavy atom. The van der Waals surface area contributed by atoms with Crippen molar-refractivity contribution in [2.24, 2.45) is 0 Å². The quantitative estimate of drug-likeness (QED) is 0.359. The van der Waals surface area contributed by atoms with Gasteiger partial charge in [-0.25, -0.2) is 0 Å². The number of ether oxygens (including phenoxy) is 2. The molecule has 4 aromatic rings. The van der Waals surface area contributed by atoms with Gasteiger partial charge in [0.05, 0.1) is 14.2 Å². The molecule has 3 aromatic carbocycles. The molecular weight excluding hydrogens is 366 g/mol. The summed E-state index contributed by atoms with van der Waals surface area (Å²) in [5.74, 6) is 1.68. The maximum atomic E-state index is 5.31. The summed E-state index contributed by atoms with van der Waals surface area (Å²) < 4.78 is 10.6. The monoisotopic (exact) mass is 387 g/mol. The molecule has 140 valence electrons. The molecule has 0 radical (unpaired) electrons. The van der Waals surface area contributed by atoms with Gasteiger partial charge < -0.3 is 14.4 Å². The van der Waals surface area contributed by atoms with E-state index < -0.39 is 0 Å². The fourth-order valence-electron chi connectivity index (χ4n) is 3.14. The zero-order valence-corrected chi connectivity index (χ0v) is 16.6. The number of nitrogens with zero attached hydrogens (tertiary/aromatic N) is 1. The second kappa shape index (κ2) is 8.19. The van der Waals surface area contributed by atoms with E-state index in [9.17, 15) is 0 Å². The maximum absolute atomic E-state index is 5.31. The maximum Gasteiger partial charge on any atom is 0.119 e. The SMILES string of the molecule is COc1ccc(N(c2ccc(OC)cc2)c2ccc(-c3ccsc3)cc2)cc1. The Morgan fingerprint density at radius 3 is 1.43 bits per heavy atom. The van der Waals surface area contributed by atoms with Crippen LogP contribution in [0, 0.1) is 0 Å². The summed E-state index contributed by atoms with van der Waals surface area (Å²) in [4.78, 5) is 2.22. The standard InChI is InChI=1S/C24H21NO2S/c1-26-23-11-7-21(8-12-23)25(22-9-13-24(27-2)14-10-22)20-5-3-18(4-6-20)19-15-16-28-17-19/h3-17H,1-2H3. The highest BCUT2D eigenvalue weighted by atomic mass is 32.1. The smallest absolute Gasteiger partial charge is 0.119 e. The Labute approximate surface area is 169 Å². The van der Waals surface area contributed by atoms with Gasteiger partial charge in [0, 0.05) is 17.1 Å². The van der Waals surface area contributed by atoms with Crippen LogP contribution in [0.15, 0.2) is 89.6 Å². The molecule has 0 aliphatic heterocycles. The van der Waals surface area contributed by atoms with Crippen molar-refractivity contribution in [3.63, 3.8) is 0 Å². The summed E-state index contributed by atoms with van der Waals surface area (Å²) in [6, 6.07) is 27.0. The normalized spacial score (nSPS) is 10.5. The van der Waals surface area contributed by atoms with Crippen LogP contribution >= 0.6 is 11.3 Å². The fraction of sp³-hybridized carbons (Fsp3) is 0.0833. The van der Waals surface area contributed by atoms with Crippen molar-refractivity contribution in [3.8, 4) is 22.6 Å². The summed E-state index contributed by atoms with van der Waals surface area (Å²) in [6.07, 6.45) is 0. The van der Waals surface area contributed by atoms with Crippen molar-refractivity contribution in [1.29, 1.82) is 0 Å². The van der Waals surface area contributed by atoms with Crippen LogP contribution in [0.5, 0.6) is 11.5 Å². The van der Waals surface area contributed by atoms with Crippen LogP contribution in [0.25, 0.3) is 11.1 Å². The first-order chi connectivity index (χ1) is 13.8. The van der Waals surface area contributed by atoms with Gasteiger partial charge in [-0.1, -0.05) is 12.1 Å². The molecule has 0 saturated heterocycles.